The molecule has 0 aliphatic carbocycles. The summed E-state index contributed by atoms with van der Waals surface area (Å²) < 4.78 is 22.9. The predicted octanol–water partition coefficient (Wildman–Crippen LogP) is 0.617. The Kier molecular flexibility index (Phi) is 3.90. The molecule has 1 N–H and O–H groups in total. The van der Waals surface area contributed by atoms with Gasteiger partial charge in [-0.2, -0.15) is 0 Å². The fraction of sp³-hybridized carbons (Fsp3) is 0.833. The summed E-state index contributed by atoms with van der Waals surface area (Å²) in [4.78, 5) is 2.31. The lowest BCUT2D eigenvalue weighted by Crippen LogP contribution is -2.45. The molecule has 2 aliphatic heterocycles. The van der Waals surface area contributed by atoms with Crippen molar-refractivity contribution in [3.05, 3.63) is 11.5 Å². The number of sulfone groups is 1. The maximum Gasteiger partial charge on any atom is 0.173 e. The van der Waals surface area contributed by atoms with E-state index in [0.717, 1.165) is 26.1 Å². The van der Waals surface area contributed by atoms with Gasteiger partial charge in [0.15, 0.2) is 9.84 Å². The van der Waals surface area contributed by atoms with E-state index in [1.807, 2.05) is 6.08 Å². The molecule has 2 heterocycles. The second-order valence-corrected chi connectivity index (χ2v) is 7.31. The summed E-state index contributed by atoms with van der Waals surface area (Å²) in [6.45, 7) is 7.39. The van der Waals surface area contributed by atoms with Gasteiger partial charge in [0, 0.05) is 30.6 Å². The van der Waals surface area contributed by atoms with Gasteiger partial charge in [-0.15, -0.1) is 0 Å². The van der Waals surface area contributed by atoms with Gasteiger partial charge in [0.05, 0.1) is 5.75 Å². The molecule has 0 aromatic heterocycles. The van der Waals surface area contributed by atoms with Crippen LogP contribution in [0, 0.1) is 5.92 Å². The second-order valence-electron chi connectivity index (χ2n) is 5.38. The van der Waals surface area contributed by atoms with E-state index in [-0.39, 0.29) is 11.8 Å². The summed E-state index contributed by atoms with van der Waals surface area (Å²) in [7, 11) is -2.94. The molecule has 1 fully saturated rings. The molecule has 0 aromatic rings. The Labute approximate surface area is 104 Å². The normalized spacial score (nSPS) is 34.1. The van der Waals surface area contributed by atoms with E-state index in [1.165, 1.54) is 5.41 Å². The summed E-state index contributed by atoms with van der Waals surface area (Å²) in [6.07, 6.45) is 2.94. The molecule has 4 nitrogen and oxygen atoms in total. The van der Waals surface area contributed by atoms with Gasteiger partial charge in [-0.1, -0.05) is 19.9 Å². The first-order valence-corrected chi connectivity index (χ1v) is 8.08. The summed E-state index contributed by atoms with van der Waals surface area (Å²) >= 11 is 0. The minimum absolute atomic E-state index is 0.0844. The SMILES string of the molecule is CC(C)C1CN(C2C=CS(=O)(=O)C2)CCCN1. The van der Waals surface area contributed by atoms with Crippen LogP contribution in [0.15, 0.2) is 11.5 Å². The summed E-state index contributed by atoms with van der Waals surface area (Å²) in [6, 6.07) is 0.551. The Balaban J connectivity index is 2.03. The maximum absolute atomic E-state index is 11.5. The topological polar surface area (TPSA) is 49.4 Å². The highest BCUT2D eigenvalue weighted by atomic mass is 32.2. The minimum Gasteiger partial charge on any atom is -0.312 e. The third-order valence-corrected chi connectivity index (χ3v) is 5.02. The lowest BCUT2D eigenvalue weighted by molar-refractivity contribution is 0.221. The van der Waals surface area contributed by atoms with Crippen LogP contribution < -0.4 is 5.32 Å². The van der Waals surface area contributed by atoms with Gasteiger partial charge < -0.3 is 5.32 Å². The molecular weight excluding hydrogens is 236 g/mol. The molecule has 2 rings (SSSR count). The van der Waals surface area contributed by atoms with Crippen molar-refractivity contribution in [3.63, 3.8) is 0 Å². The summed E-state index contributed by atoms with van der Waals surface area (Å²) in [5, 5.41) is 4.92. The molecule has 5 heteroatoms. The van der Waals surface area contributed by atoms with Gasteiger partial charge in [-0.25, -0.2) is 8.42 Å². The third-order valence-electron chi connectivity index (χ3n) is 3.64. The van der Waals surface area contributed by atoms with Crippen LogP contribution in [-0.2, 0) is 9.84 Å². The third kappa shape index (κ3) is 3.30. The highest BCUT2D eigenvalue weighted by molar-refractivity contribution is 7.94. The predicted molar refractivity (Wildman–Crippen MR) is 69.5 cm³/mol. The van der Waals surface area contributed by atoms with Crippen LogP contribution in [0.3, 0.4) is 0 Å². The average molecular weight is 258 g/mol. The molecule has 0 saturated carbocycles. The first-order valence-electron chi connectivity index (χ1n) is 6.36. The van der Waals surface area contributed by atoms with Crippen molar-refractivity contribution in [2.24, 2.45) is 5.92 Å². The van der Waals surface area contributed by atoms with Crippen LogP contribution in [0.2, 0.25) is 0 Å². The first kappa shape index (κ1) is 13.1. The molecule has 1 saturated heterocycles. The summed E-state index contributed by atoms with van der Waals surface area (Å²) in [5.41, 5.74) is 0. The van der Waals surface area contributed by atoms with E-state index in [0.29, 0.717) is 12.0 Å². The highest BCUT2D eigenvalue weighted by Gasteiger charge is 2.30. The van der Waals surface area contributed by atoms with Crippen molar-refractivity contribution in [1.29, 1.82) is 0 Å². The van der Waals surface area contributed by atoms with E-state index in [2.05, 4.69) is 24.1 Å². The van der Waals surface area contributed by atoms with Crippen molar-refractivity contribution >= 4 is 9.84 Å². The number of nitrogens with zero attached hydrogens (tertiary/aromatic N) is 1. The van der Waals surface area contributed by atoms with Crippen molar-refractivity contribution in [2.45, 2.75) is 32.4 Å². The molecule has 17 heavy (non-hydrogen) atoms. The molecule has 2 atom stereocenters. The molecule has 0 bridgehead atoms. The van der Waals surface area contributed by atoms with Gasteiger partial charge in [-0.3, -0.25) is 4.90 Å². The molecular formula is C12H22N2O2S. The largest absolute Gasteiger partial charge is 0.312 e. The maximum atomic E-state index is 11.5. The van der Waals surface area contributed by atoms with E-state index in [1.54, 1.807) is 0 Å². The van der Waals surface area contributed by atoms with Crippen molar-refractivity contribution in [1.82, 2.24) is 10.2 Å². The zero-order valence-electron chi connectivity index (χ0n) is 10.6. The van der Waals surface area contributed by atoms with Crippen molar-refractivity contribution in [3.8, 4) is 0 Å². The Morgan fingerprint density at radius 2 is 2.18 bits per heavy atom. The Morgan fingerprint density at radius 1 is 1.41 bits per heavy atom. The van der Waals surface area contributed by atoms with Crippen molar-refractivity contribution in [2.75, 3.05) is 25.4 Å². The first-order chi connectivity index (χ1) is 7.98. The number of rotatable bonds is 2. The quantitative estimate of drug-likeness (QED) is 0.789. The number of hydrogen-bond donors (Lipinski definition) is 1. The van der Waals surface area contributed by atoms with E-state index in [4.69, 9.17) is 0 Å². The zero-order valence-corrected chi connectivity index (χ0v) is 11.4. The van der Waals surface area contributed by atoms with Gasteiger partial charge in [0.25, 0.3) is 0 Å². The van der Waals surface area contributed by atoms with Crippen molar-refractivity contribution < 1.29 is 8.42 Å². The number of nitrogens with one attached hydrogen (secondary N) is 1. The van der Waals surface area contributed by atoms with Crippen LogP contribution in [-0.4, -0.2) is 50.8 Å². The molecule has 98 valence electrons. The Hall–Kier alpha value is -0.390. The average Bonchev–Trinajstić information content (AvgIpc) is 2.51. The molecule has 0 amide bonds. The molecule has 0 spiro atoms. The smallest absolute Gasteiger partial charge is 0.173 e. The number of hydrogen-bond acceptors (Lipinski definition) is 4. The van der Waals surface area contributed by atoms with Crippen LogP contribution in [0.1, 0.15) is 20.3 Å². The summed E-state index contributed by atoms with van der Waals surface area (Å²) in [5.74, 6) is 0.843. The monoisotopic (exact) mass is 258 g/mol. The molecule has 2 aliphatic rings. The Bertz CT molecular complexity index is 389. The fourth-order valence-corrected chi connectivity index (χ4v) is 3.84. The minimum atomic E-state index is -2.94. The van der Waals surface area contributed by atoms with Gasteiger partial charge in [0.2, 0.25) is 0 Å². The van der Waals surface area contributed by atoms with Gasteiger partial charge in [-0.05, 0) is 18.9 Å². The van der Waals surface area contributed by atoms with E-state index >= 15 is 0 Å². The standard InChI is InChI=1S/C12H22N2O2S/c1-10(2)12-8-14(6-3-5-13-12)11-4-7-17(15,16)9-11/h4,7,10-13H,3,5-6,8-9H2,1-2H3. The van der Waals surface area contributed by atoms with Gasteiger partial charge in [0.1, 0.15) is 0 Å². The van der Waals surface area contributed by atoms with Crippen LogP contribution in [0.25, 0.3) is 0 Å². The van der Waals surface area contributed by atoms with E-state index < -0.39 is 9.84 Å². The van der Waals surface area contributed by atoms with Gasteiger partial charge >= 0.3 is 0 Å². The molecule has 0 aromatic carbocycles. The lowest BCUT2D eigenvalue weighted by atomic mass is 10.0. The van der Waals surface area contributed by atoms with Crippen LogP contribution in [0.4, 0.5) is 0 Å². The highest BCUT2D eigenvalue weighted by Crippen LogP contribution is 2.18. The fourth-order valence-electron chi connectivity index (χ4n) is 2.51. The van der Waals surface area contributed by atoms with Crippen LogP contribution >= 0.6 is 0 Å². The zero-order chi connectivity index (χ0) is 12.5. The van der Waals surface area contributed by atoms with Crippen LogP contribution in [0.5, 0.6) is 0 Å². The second kappa shape index (κ2) is 5.08. The molecule has 0 radical (unpaired) electrons. The molecule has 2 unspecified atom stereocenters. The Morgan fingerprint density at radius 3 is 2.76 bits per heavy atom. The lowest BCUT2D eigenvalue weighted by Gasteiger charge is -2.30. The van der Waals surface area contributed by atoms with E-state index in [9.17, 15) is 8.42 Å².